The lowest BCUT2D eigenvalue weighted by Crippen LogP contribution is -2.07. The number of halogens is 1. The van der Waals surface area contributed by atoms with Crippen molar-refractivity contribution in [3.63, 3.8) is 0 Å². The lowest BCUT2D eigenvalue weighted by Gasteiger charge is -2.04. The van der Waals surface area contributed by atoms with Gasteiger partial charge in [0.1, 0.15) is 5.82 Å². The Balaban J connectivity index is 2.08. The first kappa shape index (κ1) is 12.2. The molecule has 0 N–H and O–H groups in total. The van der Waals surface area contributed by atoms with Gasteiger partial charge < -0.3 is 0 Å². The Morgan fingerprint density at radius 2 is 2.17 bits per heavy atom. The third-order valence-corrected chi connectivity index (χ3v) is 2.57. The first-order valence-corrected chi connectivity index (χ1v) is 5.66. The maximum atomic E-state index is 13.5. The van der Waals surface area contributed by atoms with Gasteiger partial charge in [-0.25, -0.2) is 9.07 Å². The van der Waals surface area contributed by atoms with Gasteiger partial charge in [-0.2, -0.15) is 5.26 Å². The van der Waals surface area contributed by atoms with E-state index in [1.54, 1.807) is 22.9 Å². The summed E-state index contributed by atoms with van der Waals surface area (Å²) in [6.07, 6.45) is 1.50. The van der Waals surface area contributed by atoms with Crippen molar-refractivity contribution in [2.24, 2.45) is 0 Å². The number of hydrogen-bond donors (Lipinski definition) is 0. The monoisotopic (exact) mass is 245 g/mol. The van der Waals surface area contributed by atoms with E-state index >= 15 is 0 Å². The minimum absolute atomic E-state index is 0.260. The zero-order chi connectivity index (χ0) is 12.8. The molecule has 0 aliphatic heterocycles. The fourth-order valence-electron chi connectivity index (χ4n) is 1.64. The molecular weight excluding hydrogens is 233 g/mol. The molecule has 0 atom stereocenters. The molecule has 1 heterocycles. The summed E-state index contributed by atoms with van der Waals surface area (Å²) < 4.78 is 15.1. The molecule has 0 saturated carbocycles. The predicted molar refractivity (Wildman–Crippen MR) is 61.9 cm³/mol. The topological polar surface area (TPSA) is 67.4 Å². The van der Waals surface area contributed by atoms with Crippen LogP contribution in [0.2, 0.25) is 0 Å². The number of tetrazole rings is 1. The molecule has 18 heavy (non-hydrogen) atoms. The predicted octanol–water partition coefficient (Wildman–Crippen LogP) is 1.71. The van der Waals surface area contributed by atoms with Gasteiger partial charge in [0.2, 0.25) is 0 Å². The SMILES string of the molecule is N#CCCCn1nnnc1Cc1ccccc1F. The van der Waals surface area contributed by atoms with Gasteiger partial charge in [0.25, 0.3) is 0 Å². The largest absolute Gasteiger partial charge is 0.229 e. The lowest BCUT2D eigenvalue weighted by molar-refractivity contribution is 0.543. The minimum atomic E-state index is -0.260. The second-order valence-corrected chi connectivity index (χ2v) is 3.85. The van der Waals surface area contributed by atoms with Crippen LogP contribution >= 0.6 is 0 Å². The Morgan fingerprint density at radius 3 is 2.94 bits per heavy atom. The number of nitriles is 1. The molecule has 0 saturated heterocycles. The summed E-state index contributed by atoms with van der Waals surface area (Å²) in [6, 6.07) is 8.62. The molecule has 0 radical (unpaired) electrons. The Labute approximate surface area is 104 Å². The van der Waals surface area contributed by atoms with Crippen molar-refractivity contribution in [1.29, 1.82) is 5.26 Å². The van der Waals surface area contributed by atoms with Crippen molar-refractivity contribution < 1.29 is 4.39 Å². The van der Waals surface area contributed by atoms with Crippen LogP contribution in [0.4, 0.5) is 4.39 Å². The molecule has 1 aromatic heterocycles. The average Bonchev–Trinajstić information content (AvgIpc) is 2.80. The summed E-state index contributed by atoms with van der Waals surface area (Å²) in [5, 5.41) is 19.8. The third kappa shape index (κ3) is 2.88. The molecule has 2 rings (SSSR count). The summed E-state index contributed by atoms with van der Waals surface area (Å²) >= 11 is 0. The molecule has 5 nitrogen and oxygen atoms in total. The molecule has 2 aromatic rings. The number of aryl methyl sites for hydroxylation is 1. The summed E-state index contributed by atoms with van der Waals surface area (Å²) in [7, 11) is 0. The van der Waals surface area contributed by atoms with Gasteiger partial charge in [-0.3, -0.25) is 0 Å². The van der Waals surface area contributed by atoms with Crippen molar-refractivity contribution in [1.82, 2.24) is 20.2 Å². The van der Waals surface area contributed by atoms with E-state index in [0.717, 1.165) is 0 Å². The van der Waals surface area contributed by atoms with E-state index in [1.807, 2.05) is 0 Å². The summed E-state index contributed by atoms with van der Waals surface area (Å²) in [5.41, 5.74) is 0.564. The van der Waals surface area contributed by atoms with Gasteiger partial charge in [0, 0.05) is 19.4 Å². The van der Waals surface area contributed by atoms with Crippen LogP contribution in [-0.2, 0) is 13.0 Å². The molecule has 0 bridgehead atoms. The Bertz CT molecular complexity index is 558. The van der Waals surface area contributed by atoms with E-state index in [-0.39, 0.29) is 5.82 Å². The van der Waals surface area contributed by atoms with Crippen LogP contribution in [0.25, 0.3) is 0 Å². The number of nitrogens with zero attached hydrogens (tertiary/aromatic N) is 5. The maximum absolute atomic E-state index is 13.5. The van der Waals surface area contributed by atoms with Gasteiger partial charge in [0.05, 0.1) is 6.07 Å². The smallest absolute Gasteiger partial charge is 0.155 e. The highest BCUT2D eigenvalue weighted by molar-refractivity contribution is 5.20. The van der Waals surface area contributed by atoms with E-state index in [0.29, 0.717) is 37.2 Å². The molecule has 0 aliphatic rings. The van der Waals surface area contributed by atoms with Crippen LogP contribution in [0.5, 0.6) is 0 Å². The van der Waals surface area contributed by atoms with Crippen LogP contribution < -0.4 is 0 Å². The quantitative estimate of drug-likeness (QED) is 0.752. The highest BCUT2D eigenvalue weighted by Crippen LogP contribution is 2.11. The molecular formula is C12H12FN5. The Hall–Kier alpha value is -2.29. The second kappa shape index (κ2) is 5.87. The number of benzene rings is 1. The van der Waals surface area contributed by atoms with Gasteiger partial charge in [-0.1, -0.05) is 18.2 Å². The first-order valence-electron chi connectivity index (χ1n) is 5.66. The van der Waals surface area contributed by atoms with Gasteiger partial charge >= 0.3 is 0 Å². The van der Waals surface area contributed by atoms with E-state index in [9.17, 15) is 4.39 Å². The fourth-order valence-corrected chi connectivity index (χ4v) is 1.64. The Morgan fingerprint density at radius 1 is 1.33 bits per heavy atom. The summed E-state index contributed by atoms with van der Waals surface area (Å²) in [6.45, 7) is 0.574. The lowest BCUT2D eigenvalue weighted by atomic mass is 10.1. The van der Waals surface area contributed by atoms with Gasteiger partial charge in [-0.05, 0) is 28.5 Å². The van der Waals surface area contributed by atoms with Crippen LogP contribution in [0, 0.1) is 17.1 Å². The number of aromatic nitrogens is 4. The van der Waals surface area contributed by atoms with E-state index < -0.39 is 0 Å². The van der Waals surface area contributed by atoms with Crippen LogP contribution in [-0.4, -0.2) is 20.2 Å². The molecule has 1 aromatic carbocycles. The normalized spacial score (nSPS) is 10.2. The molecule has 0 spiro atoms. The highest BCUT2D eigenvalue weighted by atomic mass is 19.1. The van der Waals surface area contributed by atoms with E-state index in [4.69, 9.17) is 5.26 Å². The number of unbranched alkanes of at least 4 members (excludes halogenated alkanes) is 1. The van der Waals surface area contributed by atoms with Gasteiger partial charge in [-0.15, -0.1) is 5.10 Å². The molecule has 0 unspecified atom stereocenters. The minimum Gasteiger partial charge on any atom is -0.229 e. The summed E-state index contributed by atoms with van der Waals surface area (Å²) in [4.78, 5) is 0. The second-order valence-electron chi connectivity index (χ2n) is 3.85. The molecule has 92 valence electrons. The van der Waals surface area contributed by atoms with E-state index in [1.165, 1.54) is 6.07 Å². The van der Waals surface area contributed by atoms with Crippen molar-refractivity contribution >= 4 is 0 Å². The average molecular weight is 245 g/mol. The summed E-state index contributed by atoms with van der Waals surface area (Å²) in [5.74, 6) is 0.349. The molecule has 6 heteroatoms. The van der Waals surface area contributed by atoms with Crippen molar-refractivity contribution in [2.75, 3.05) is 0 Å². The van der Waals surface area contributed by atoms with Crippen molar-refractivity contribution in [3.05, 3.63) is 41.5 Å². The van der Waals surface area contributed by atoms with Crippen molar-refractivity contribution in [3.8, 4) is 6.07 Å². The fraction of sp³-hybridized carbons (Fsp3) is 0.333. The molecule has 0 amide bonds. The highest BCUT2D eigenvalue weighted by Gasteiger charge is 2.09. The third-order valence-electron chi connectivity index (χ3n) is 2.57. The Kier molecular flexibility index (Phi) is 3.97. The first-order chi connectivity index (χ1) is 8.81. The standard InChI is InChI=1S/C12H12FN5/c13-11-6-2-1-5-10(11)9-12-15-16-17-18(12)8-4-3-7-14/h1-2,5-6H,3-4,8-9H2. The maximum Gasteiger partial charge on any atom is 0.155 e. The zero-order valence-corrected chi connectivity index (χ0v) is 9.75. The van der Waals surface area contributed by atoms with Gasteiger partial charge in [0.15, 0.2) is 5.82 Å². The number of hydrogen-bond acceptors (Lipinski definition) is 4. The molecule has 0 aliphatic carbocycles. The van der Waals surface area contributed by atoms with Crippen LogP contribution in [0.1, 0.15) is 24.2 Å². The zero-order valence-electron chi connectivity index (χ0n) is 9.75. The van der Waals surface area contributed by atoms with E-state index in [2.05, 4.69) is 21.6 Å². The molecule has 0 fully saturated rings. The number of rotatable bonds is 5. The van der Waals surface area contributed by atoms with Crippen molar-refractivity contribution in [2.45, 2.75) is 25.8 Å². The van der Waals surface area contributed by atoms with Crippen LogP contribution in [0.3, 0.4) is 0 Å². The van der Waals surface area contributed by atoms with Crippen LogP contribution in [0.15, 0.2) is 24.3 Å².